The van der Waals surface area contributed by atoms with E-state index in [0.717, 1.165) is 70.6 Å². The Kier molecular flexibility index (Phi) is 6.18. The number of benzene rings is 1. The minimum Gasteiger partial charge on any atom is -0.447 e. The van der Waals surface area contributed by atoms with Crippen LogP contribution in [0, 0.1) is 5.41 Å². The molecule has 3 saturated heterocycles. The predicted molar refractivity (Wildman–Crippen MR) is 116 cm³/mol. The summed E-state index contributed by atoms with van der Waals surface area (Å²) >= 11 is 0. The fraction of sp³-hybridized carbons (Fsp3) is 0.652. The summed E-state index contributed by atoms with van der Waals surface area (Å²) in [5, 5.41) is 2.75. The zero-order valence-electron chi connectivity index (χ0n) is 18.1. The highest BCUT2D eigenvalue weighted by atomic mass is 16.6. The summed E-state index contributed by atoms with van der Waals surface area (Å²) in [4.78, 5) is 29.7. The second-order valence-corrected chi connectivity index (χ2v) is 9.02. The van der Waals surface area contributed by atoms with Crippen LogP contribution < -0.4 is 10.2 Å². The average Bonchev–Trinajstić information content (AvgIpc) is 3.04. The van der Waals surface area contributed by atoms with Gasteiger partial charge in [-0.05, 0) is 70.2 Å². The van der Waals surface area contributed by atoms with Gasteiger partial charge in [-0.3, -0.25) is 10.1 Å². The Balaban J connectivity index is 1.40. The number of amides is 2. The molecule has 1 aromatic carbocycles. The first-order valence-corrected chi connectivity index (χ1v) is 11.2. The number of likely N-dealkylation sites (tertiary alicyclic amines) is 1. The quantitative estimate of drug-likeness (QED) is 0.813. The zero-order valence-corrected chi connectivity index (χ0v) is 18.1. The van der Waals surface area contributed by atoms with Gasteiger partial charge in [-0.1, -0.05) is 0 Å². The van der Waals surface area contributed by atoms with E-state index in [0.29, 0.717) is 17.6 Å². The van der Waals surface area contributed by atoms with Crippen LogP contribution in [-0.2, 0) is 14.3 Å². The highest BCUT2D eigenvalue weighted by Crippen LogP contribution is 2.43. The lowest BCUT2D eigenvalue weighted by Gasteiger charge is -2.41. The van der Waals surface area contributed by atoms with E-state index >= 15 is 0 Å². The second kappa shape index (κ2) is 8.84. The normalized spacial score (nSPS) is 25.2. The van der Waals surface area contributed by atoms with E-state index < -0.39 is 6.09 Å². The van der Waals surface area contributed by atoms with E-state index in [1.807, 2.05) is 38.1 Å². The fourth-order valence-corrected chi connectivity index (χ4v) is 5.04. The number of anilines is 2. The first-order chi connectivity index (χ1) is 14.5. The van der Waals surface area contributed by atoms with Gasteiger partial charge in [-0.2, -0.15) is 0 Å². The number of hydrogen-bond acceptors (Lipinski definition) is 5. The summed E-state index contributed by atoms with van der Waals surface area (Å²) in [6, 6.07) is 8.16. The lowest BCUT2D eigenvalue weighted by atomic mass is 9.78. The monoisotopic (exact) mass is 415 g/mol. The molecule has 0 radical (unpaired) electrons. The third kappa shape index (κ3) is 4.41. The maximum Gasteiger partial charge on any atom is 0.411 e. The molecule has 1 aromatic rings. The molecular formula is C23H33N3O4. The number of carbonyl (C=O) groups excluding carboxylic acids is 2. The van der Waals surface area contributed by atoms with Crippen LogP contribution in [0.4, 0.5) is 16.2 Å². The van der Waals surface area contributed by atoms with Crippen molar-refractivity contribution in [1.29, 1.82) is 0 Å². The molecule has 7 nitrogen and oxygen atoms in total. The van der Waals surface area contributed by atoms with Crippen LogP contribution in [0.2, 0.25) is 0 Å². The largest absolute Gasteiger partial charge is 0.447 e. The molecule has 1 spiro atoms. The fourth-order valence-electron chi connectivity index (χ4n) is 5.04. The summed E-state index contributed by atoms with van der Waals surface area (Å²) in [6.07, 6.45) is 4.26. The van der Waals surface area contributed by atoms with Gasteiger partial charge in [0, 0.05) is 50.3 Å². The molecule has 30 heavy (non-hydrogen) atoms. The van der Waals surface area contributed by atoms with Gasteiger partial charge in [0.25, 0.3) is 0 Å². The number of ether oxygens (including phenoxy) is 2. The van der Waals surface area contributed by atoms with Crippen LogP contribution in [0.15, 0.2) is 24.3 Å². The summed E-state index contributed by atoms with van der Waals surface area (Å²) in [7, 11) is 0. The third-order valence-electron chi connectivity index (χ3n) is 6.58. The number of carbonyl (C=O) groups is 2. The molecule has 4 rings (SSSR count). The molecule has 3 aliphatic heterocycles. The van der Waals surface area contributed by atoms with Crippen molar-refractivity contribution in [1.82, 2.24) is 4.90 Å². The Morgan fingerprint density at radius 1 is 1.17 bits per heavy atom. The van der Waals surface area contributed by atoms with Gasteiger partial charge in [-0.15, -0.1) is 0 Å². The predicted octanol–water partition coefficient (Wildman–Crippen LogP) is 3.64. The molecule has 0 bridgehead atoms. The van der Waals surface area contributed by atoms with E-state index in [-0.39, 0.29) is 11.5 Å². The number of hydrogen-bond donors (Lipinski definition) is 1. The maximum atomic E-state index is 13.4. The van der Waals surface area contributed by atoms with E-state index in [4.69, 9.17) is 9.47 Å². The molecule has 2 amide bonds. The molecule has 3 heterocycles. The SMILES string of the molecule is CC(C)OC(=O)Nc1ccc(N2CCC[C@]3(CCN(C4CCOCC4)C3=O)C2)cc1. The summed E-state index contributed by atoms with van der Waals surface area (Å²) in [5.41, 5.74) is 1.54. The molecule has 0 unspecified atom stereocenters. The molecule has 0 aromatic heterocycles. The topological polar surface area (TPSA) is 71.1 Å². The lowest BCUT2D eigenvalue weighted by molar-refractivity contribution is -0.139. The van der Waals surface area contributed by atoms with E-state index in [9.17, 15) is 9.59 Å². The van der Waals surface area contributed by atoms with Gasteiger partial charge in [0.15, 0.2) is 0 Å². The lowest BCUT2D eigenvalue weighted by Crippen LogP contribution is -2.50. The first-order valence-electron chi connectivity index (χ1n) is 11.2. The highest BCUT2D eigenvalue weighted by Gasteiger charge is 2.50. The van der Waals surface area contributed by atoms with Crippen molar-refractivity contribution in [3.05, 3.63) is 24.3 Å². The number of piperidine rings is 1. The summed E-state index contributed by atoms with van der Waals surface area (Å²) in [6.45, 7) is 7.77. The summed E-state index contributed by atoms with van der Waals surface area (Å²) < 4.78 is 10.6. The van der Waals surface area contributed by atoms with E-state index in [1.54, 1.807) is 0 Å². The van der Waals surface area contributed by atoms with Crippen molar-refractivity contribution < 1.29 is 19.1 Å². The Labute approximate surface area is 178 Å². The molecule has 164 valence electrons. The van der Waals surface area contributed by atoms with Gasteiger partial charge < -0.3 is 19.3 Å². The van der Waals surface area contributed by atoms with Crippen LogP contribution in [0.25, 0.3) is 0 Å². The van der Waals surface area contributed by atoms with Crippen molar-refractivity contribution in [3.63, 3.8) is 0 Å². The van der Waals surface area contributed by atoms with Crippen LogP contribution in [-0.4, -0.2) is 61.9 Å². The molecule has 1 atom stereocenters. The Bertz CT molecular complexity index is 760. The standard InChI is InChI=1S/C23H33N3O4/c1-17(2)30-22(28)24-18-4-6-19(7-5-18)25-12-3-10-23(16-25)11-13-26(21(23)27)20-8-14-29-15-9-20/h4-7,17,20H,3,8-16H2,1-2H3,(H,24,28)/t23-/m0/s1. The Morgan fingerprint density at radius 2 is 1.90 bits per heavy atom. The van der Waals surface area contributed by atoms with Gasteiger partial charge in [-0.25, -0.2) is 4.79 Å². The van der Waals surface area contributed by atoms with Gasteiger partial charge in [0.2, 0.25) is 5.91 Å². The Morgan fingerprint density at radius 3 is 2.60 bits per heavy atom. The Hall–Kier alpha value is -2.28. The smallest absolute Gasteiger partial charge is 0.411 e. The highest BCUT2D eigenvalue weighted by molar-refractivity contribution is 5.87. The molecule has 0 saturated carbocycles. The van der Waals surface area contributed by atoms with Crippen molar-refractivity contribution in [2.45, 2.75) is 58.1 Å². The van der Waals surface area contributed by atoms with E-state index in [2.05, 4.69) is 15.1 Å². The number of nitrogens with one attached hydrogen (secondary N) is 1. The van der Waals surface area contributed by atoms with Gasteiger partial charge >= 0.3 is 6.09 Å². The molecule has 3 fully saturated rings. The first kappa shape index (κ1) is 21.0. The van der Waals surface area contributed by atoms with Crippen LogP contribution in [0.1, 0.15) is 46.0 Å². The van der Waals surface area contributed by atoms with Crippen LogP contribution in [0.3, 0.4) is 0 Å². The van der Waals surface area contributed by atoms with Crippen molar-refractivity contribution >= 4 is 23.4 Å². The van der Waals surface area contributed by atoms with Crippen LogP contribution >= 0.6 is 0 Å². The van der Waals surface area contributed by atoms with Crippen molar-refractivity contribution in [2.75, 3.05) is 43.1 Å². The molecule has 0 aliphatic carbocycles. The minimum absolute atomic E-state index is 0.154. The molecule has 3 aliphatic rings. The van der Waals surface area contributed by atoms with Crippen molar-refractivity contribution in [3.8, 4) is 0 Å². The van der Waals surface area contributed by atoms with Crippen LogP contribution in [0.5, 0.6) is 0 Å². The molecular weight excluding hydrogens is 382 g/mol. The van der Waals surface area contributed by atoms with Gasteiger partial charge in [0.05, 0.1) is 11.5 Å². The van der Waals surface area contributed by atoms with E-state index in [1.165, 1.54) is 0 Å². The molecule has 7 heteroatoms. The average molecular weight is 416 g/mol. The van der Waals surface area contributed by atoms with Gasteiger partial charge in [0.1, 0.15) is 0 Å². The number of nitrogens with zero attached hydrogens (tertiary/aromatic N) is 2. The minimum atomic E-state index is -0.445. The second-order valence-electron chi connectivity index (χ2n) is 9.02. The summed E-state index contributed by atoms with van der Waals surface area (Å²) in [5.74, 6) is 0.341. The number of rotatable bonds is 4. The van der Waals surface area contributed by atoms with Crippen molar-refractivity contribution in [2.24, 2.45) is 5.41 Å². The molecule has 1 N–H and O–H groups in total. The third-order valence-corrected chi connectivity index (χ3v) is 6.58. The maximum absolute atomic E-state index is 13.4. The zero-order chi connectivity index (χ0) is 21.1.